The molecular weight excluding hydrogens is 1380 g/mol. The van der Waals surface area contributed by atoms with E-state index in [2.05, 4.69) is 90.9 Å². The van der Waals surface area contributed by atoms with Crippen LogP contribution in [0.1, 0.15) is 231 Å². The fourth-order valence-electron chi connectivity index (χ4n) is 11.5. The van der Waals surface area contributed by atoms with Gasteiger partial charge in [0, 0.05) is 170 Å². The van der Waals surface area contributed by atoms with Gasteiger partial charge in [-0.1, -0.05) is 123 Å². The fourth-order valence-corrected chi connectivity index (χ4v) is 11.6. The summed E-state index contributed by atoms with van der Waals surface area (Å²) in [5.41, 5.74) is 6.24. The van der Waals surface area contributed by atoms with Crippen molar-refractivity contribution in [3.05, 3.63) is 117 Å². The minimum absolute atomic E-state index is 0. The number of hydrogen-bond acceptors (Lipinski definition) is 21. The van der Waals surface area contributed by atoms with Crippen molar-refractivity contribution in [2.24, 2.45) is 0 Å². The zero-order valence-corrected chi connectivity index (χ0v) is 67.9. The van der Waals surface area contributed by atoms with E-state index in [-0.39, 0.29) is 75.0 Å². The third-order valence-corrected chi connectivity index (χ3v) is 16.4. The van der Waals surface area contributed by atoms with Crippen LogP contribution in [0.3, 0.4) is 0 Å². The Balaban J connectivity index is 0.000000432. The molecule has 0 spiro atoms. The minimum atomic E-state index is -0.804. The van der Waals surface area contributed by atoms with Crippen molar-refractivity contribution in [3.63, 3.8) is 0 Å². The zero-order chi connectivity index (χ0) is 76.6. The van der Waals surface area contributed by atoms with Crippen LogP contribution in [-0.2, 0) is 100 Å². The van der Waals surface area contributed by atoms with Crippen LogP contribution in [0.25, 0.3) is 0 Å². The second-order valence-corrected chi connectivity index (χ2v) is 32.1. The number of alkyl halides is 1. The van der Waals surface area contributed by atoms with E-state index in [4.69, 9.17) is 52.1 Å². The van der Waals surface area contributed by atoms with Gasteiger partial charge in [-0.25, -0.2) is 0 Å². The monoisotopic (exact) mass is 1510 g/mol. The number of halogens is 1. The van der Waals surface area contributed by atoms with Crippen molar-refractivity contribution in [2.75, 3.05) is 51.3 Å². The smallest absolute Gasteiger partial charge is 0.320 e. The van der Waals surface area contributed by atoms with Crippen molar-refractivity contribution in [1.29, 1.82) is 0 Å². The molecule has 4 aliphatic heterocycles. The lowest BCUT2D eigenvalue weighted by molar-refractivity contribution is -0.181. The molecule has 4 N–H and O–H groups in total. The van der Waals surface area contributed by atoms with E-state index in [1.807, 2.05) is 189 Å². The number of carbonyl (C=O) groups excluding carboxylic acids is 3. The van der Waals surface area contributed by atoms with Crippen molar-refractivity contribution in [1.82, 2.24) is 25.3 Å². The van der Waals surface area contributed by atoms with Gasteiger partial charge in [0.1, 0.15) is 45.1 Å². The molecule has 22 heteroatoms. The molecule has 0 saturated heterocycles. The van der Waals surface area contributed by atoms with E-state index in [0.29, 0.717) is 77.8 Å². The maximum atomic E-state index is 13.3. The lowest BCUT2D eigenvalue weighted by Gasteiger charge is -2.38. The molecule has 4 aliphatic rings. The van der Waals surface area contributed by atoms with Crippen LogP contribution >= 0.6 is 15.9 Å². The molecule has 0 aromatic heterocycles. The van der Waals surface area contributed by atoms with Gasteiger partial charge in [0.2, 0.25) is 23.1 Å². The molecule has 103 heavy (non-hydrogen) atoms. The average molecular weight is 1510 g/mol. The average Bonchev–Trinajstić information content (AvgIpc) is 0.815. The molecule has 2 atom stereocenters. The first-order valence-electron chi connectivity index (χ1n) is 36.3. The number of fused-ring (bicyclic) bond motifs is 4. The molecule has 8 rings (SSSR count). The summed E-state index contributed by atoms with van der Waals surface area (Å²) in [5, 5.41) is 28.0. The predicted octanol–water partition coefficient (Wildman–Crippen LogP) is 14.8. The number of aliphatic hydroxyl groups excluding tert-OH is 2. The normalized spacial score (nSPS) is 16.5. The van der Waals surface area contributed by atoms with Crippen molar-refractivity contribution < 1.29 is 76.7 Å². The van der Waals surface area contributed by atoms with Crippen LogP contribution in [0.5, 0.6) is 23.0 Å². The first-order chi connectivity index (χ1) is 47.4. The number of hydrogen-bond donors (Lipinski definition) is 4. The number of esters is 3. The third-order valence-electron chi connectivity index (χ3n) is 15.9. The second kappa shape index (κ2) is 41.6. The second-order valence-electron chi connectivity index (χ2n) is 31.5. The molecule has 4 aromatic carbocycles. The van der Waals surface area contributed by atoms with Crippen LogP contribution in [0, 0.1) is 0 Å². The molecule has 4 aromatic rings. The van der Waals surface area contributed by atoms with Crippen LogP contribution in [-0.4, -0.2) is 158 Å². The molecule has 0 saturated carbocycles. The van der Waals surface area contributed by atoms with Gasteiger partial charge in [-0.15, -0.1) is 0 Å². The Bertz CT molecular complexity index is 3220. The molecule has 21 nitrogen and oxygen atoms in total. The Morgan fingerprint density at radius 1 is 0.534 bits per heavy atom. The van der Waals surface area contributed by atoms with E-state index < -0.39 is 40.4 Å². The summed E-state index contributed by atoms with van der Waals surface area (Å²) < 4.78 is 64.1. The number of aliphatic hydroxyl groups is 2. The van der Waals surface area contributed by atoms with Crippen LogP contribution < -0.4 is 29.6 Å². The van der Waals surface area contributed by atoms with Crippen molar-refractivity contribution in [2.45, 2.75) is 303 Å². The molecule has 0 bridgehead atoms. The van der Waals surface area contributed by atoms with Gasteiger partial charge < -0.3 is 73.0 Å². The summed E-state index contributed by atoms with van der Waals surface area (Å²) in [6.45, 7) is 53.1. The summed E-state index contributed by atoms with van der Waals surface area (Å²) >= 11 is 2.99. The first kappa shape index (κ1) is 91.7. The molecular formula is C81H132BrN5O16. The highest BCUT2D eigenvalue weighted by Crippen LogP contribution is 2.39. The molecule has 0 amide bonds. The lowest BCUT2D eigenvalue weighted by Crippen LogP contribution is -2.48. The van der Waals surface area contributed by atoms with Gasteiger partial charge in [-0.05, 0) is 96.6 Å². The number of nitrogens with zero attached hydrogens (tertiary/aromatic N) is 3. The predicted molar refractivity (Wildman–Crippen MR) is 411 cm³/mol. The quantitative estimate of drug-likeness (QED) is 0.0275. The van der Waals surface area contributed by atoms with E-state index >= 15 is 0 Å². The summed E-state index contributed by atoms with van der Waals surface area (Å²) in [7, 11) is 0. The summed E-state index contributed by atoms with van der Waals surface area (Å²) in [5.74, 6) is -0.584. The van der Waals surface area contributed by atoms with E-state index in [9.17, 15) is 24.6 Å². The Labute approximate surface area is 627 Å². The summed E-state index contributed by atoms with van der Waals surface area (Å²) in [6, 6.07) is 24.8. The van der Waals surface area contributed by atoms with Gasteiger partial charge in [0.05, 0.1) is 52.6 Å². The summed E-state index contributed by atoms with van der Waals surface area (Å²) in [6.07, 6.45) is 1.36. The van der Waals surface area contributed by atoms with Crippen LogP contribution in [0.15, 0.2) is 72.8 Å². The van der Waals surface area contributed by atoms with Gasteiger partial charge in [0.15, 0.2) is 0 Å². The SMILES string of the molecule is C.CC(C)(C)OC(=O)CBr.CC(C)(C)OC(=O)CCN(Cc1cccc2c1OC(C)(C)OC2)C(CO)CN(CC(=O)OC(C)(C)C)Cc1cccc2c1OC(C)(C)OC2.CC1(C)OCc2cccc(CNCC(CO)NCc3cccc4c3OC(C)(C)OC4)c2O1.CCC.CCN(C(C)C)C(C)C. The van der Waals surface area contributed by atoms with Crippen LogP contribution in [0.2, 0.25) is 0 Å². The maximum Gasteiger partial charge on any atom is 0.320 e. The number of nitrogens with one attached hydrogen (secondary N) is 2. The number of carbonyl (C=O) groups is 3. The molecule has 584 valence electrons. The van der Waals surface area contributed by atoms with Gasteiger partial charge >= 0.3 is 17.9 Å². The molecule has 0 radical (unpaired) electrons. The zero-order valence-electron chi connectivity index (χ0n) is 66.3. The summed E-state index contributed by atoms with van der Waals surface area (Å²) in [4.78, 5) is 43.2. The Kier molecular flexibility index (Phi) is 37.0. The number of para-hydroxylation sites is 4. The van der Waals surface area contributed by atoms with E-state index in [1.54, 1.807) is 0 Å². The Morgan fingerprint density at radius 2 is 0.893 bits per heavy atom. The number of ether oxygens (including phenoxy) is 11. The van der Waals surface area contributed by atoms with Crippen molar-refractivity contribution >= 4 is 33.8 Å². The highest BCUT2D eigenvalue weighted by molar-refractivity contribution is 9.09. The lowest BCUT2D eigenvalue weighted by atomic mass is 10.0. The number of benzene rings is 4. The topological polar surface area (TPSA) is 227 Å². The highest BCUT2D eigenvalue weighted by Gasteiger charge is 2.35. The fraction of sp³-hybridized carbons (Fsp3) is 0.667. The van der Waals surface area contributed by atoms with E-state index in [0.717, 1.165) is 74.1 Å². The van der Waals surface area contributed by atoms with E-state index in [1.165, 1.54) is 6.42 Å². The number of rotatable bonds is 25. The molecule has 4 heterocycles. The molecule has 0 fully saturated rings. The first-order valence-corrected chi connectivity index (χ1v) is 37.4. The third kappa shape index (κ3) is 33.1. The largest absolute Gasteiger partial charge is 0.462 e. The Morgan fingerprint density at radius 3 is 1.23 bits per heavy atom. The minimum Gasteiger partial charge on any atom is -0.462 e. The van der Waals surface area contributed by atoms with Crippen LogP contribution in [0.4, 0.5) is 0 Å². The molecule has 2 unspecified atom stereocenters. The standard InChI is InChI=1S/C38H56N2O9.C25H34N2O5.C8H19N.C6H11BrO2.C3H8.CH4/c1-35(2,3)46-31(42)17-18-40(20-27-14-12-16-29-25-45-38(9,10)49-34(27)29)30(23-41)21-39(22-32(43)47-36(4,5)6)19-26-13-11-15-28-24-44-37(7,8)48-33(26)28;1-24(2)29-15-19-9-5-7-17(22(19)31-24)11-26-13-21(14-28)27-12-18-8-6-10-20-16-30-25(3,4)32-23(18)20;1-6-9(7(2)3)8(4)5;1-6(2,3)9-5(8)4-7;1-3-2;/h11-16,30,41H,17-25H2,1-10H3;5-10,21,26-28H,11-16H2,1-4H3;7-8H,6H2,1-5H3;4H2,1-3H3;3H2,1-2H3;1H4. The highest BCUT2D eigenvalue weighted by atomic mass is 79.9. The van der Waals surface area contributed by atoms with Gasteiger partial charge in [-0.2, -0.15) is 0 Å². The Hall–Kier alpha value is -5.47. The van der Waals surface area contributed by atoms with Gasteiger partial charge in [-0.3, -0.25) is 29.1 Å². The maximum absolute atomic E-state index is 13.3. The molecule has 0 aliphatic carbocycles. The van der Waals surface area contributed by atoms with Gasteiger partial charge in [0.25, 0.3) is 0 Å². The van der Waals surface area contributed by atoms with Crippen molar-refractivity contribution in [3.8, 4) is 23.0 Å².